The van der Waals surface area contributed by atoms with Gasteiger partial charge in [-0.15, -0.1) is 0 Å². The molecule has 0 aromatic carbocycles. The summed E-state index contributed by atoms with van der Waals surface area (Å²) in [5.41, 5.74) is 0. The third kappa shape index (κ3) is 30.1. The molecule has 404 valence electrons. The first-order chi connectivity index (χ1) is 33.6. The molecule has 2 aliphatic heterocycles. The van der Waals surface area contributed by atoms with E-state index in [4.69, 9.17) is 28.4 Å². The van der Waals surface area contributed by atoms with Gasteiger partial charge in [-0.25, -0.2) is 0 Å². The van der Waals surface area contributed by atoms with Crippen molar-refractivity contribution in [3.05, 3.63) is 36.5 Å². The maximum Gasteiger partial charge on any atom is 0.306 e. The largest absolute Gasteiger partial charge is 0.457 e. The molecule has 14 nitrogen and oxygen atoms in total. The SMILES string of the molecule is CCCCCC/C=C\C/C=C\CCCCCCCCCCOCC(COC1OC(COC2OC(CO)C(O)C(O)C2O)C(O)C(O)C1O)OC(=O)CCCCCCC/C=C\CCCCCCCCC. The Balaban J connectivity index is 1.75. The summed E-state index contributed by atoms with van der Waals surface area (Å²) in [6.45, 7) is 3.66. The number of carbonyl (C=O) groups is 1. The normalized spacial score (nSPS) is 25.9. The monoisotopic (exact) mass is 985 g/mol. The number of unbranched alkanes of at least 4 members (excludes halogenated alkanes) is 24. The summed E-state index contributed by atoms with van der Waals surface area (Å²) in [7, 11) is 0. The van der Waals surface area contributed by atoms with Crippen LogP contribution in [-0.2, 0) is 33.2 Å². The fourth-order valence-electron chi connectivity index (χ4n) is 8.60. The van der Waals surface area contributed by atoms with Crippen molar-refractivity contribution in [2.24, 2.45) is 0 Å². The van der Waals surface area contributed by atoms with E-state index in [2.05, 4.69) is 50.3 Å². The van der Waals surface area contributed by atoms with Crippen molar-refractivity contribution in [1.29, 1.82) is 0 Å². The minimum absolute atomic E-state index is 0.0552. The summed E-state index contributed by atoms with van der Waals surface area (Å²) in [4.78, 5) is 13.0. The number of carbonyl (C=O) groups excluding carboxylic acids is 1. The van der Waals surface area contributed by atoms with Crippen molar-refractivity contribution in [3.8, 4) is 0 Å². The Bertz CT molecular complexity index is 1280. The maximum absolute atomic E-state index is 13.0. The lowest BCUT2D eigenvalue weighted by Gasteiger charge is -2.42. The number of ether oxygens (including phenoxy) is 6. The number of hydrogen-bond donors (Lipinski definition) is 7. The van der Waals surface area contributed by atoms with E-state index in [1.54, 1.807) is 0 Å². The zero-order valence-corrected chi connectivity index (χ0v) is 43.1. The predicted octanol–water partition coefficient (Wildman–Crippen LogP) is 8.97. The molecule has 0 radical (unpaired) electrons. The summed E-state index contributed by atoms with van der Waals surface area (Å²) >= 11 is 0. The molecule has 0 aromatic heterocycles. The summed E-state index contributed by atoms with van der Waals surface area (Å²) in [6, 6.07) is 0. The molecule has 7 N–H and O–H groups in total. The van der Waals surface area contributed by atoms with Gasteiger partial charge in [-0.3, -0.25) is 4.79 Å². The van der Waals surface area contributed by atoms with Crippen molar-refractivity contribution in [2.45, 2.75) is 274 Å². The van der Waals surface area contributed by atoms with Gasteiger partial charge in [0.2, 0.25) is 0 Å². The Morgan fingerprint density at radius 1 is 0.478 bits per heavy atom. The molecule has 0 aliphatic carbocycles. The van der Waals surface area contributed by atoms with Crippen molar-refractivity contribution in [2.75, 3.05) is 33.0 Å². The highest BCUT2D eigenvalue weighted by Crippen LogP contribution is 2.26. The first-order valence-electron chi connectivity index (χ1n) is 27.6. The van der Waals surface area contributed by atoms with E-state index >= 15 is 0 Å². The Hall–Kier alpha value is -1.79. The smallest absolute Gasteiger partial charge is 0.306 e. The van der Waals surface area contributed by atoms with Gasteiger partial charge in [-0.1, -0.05) is 166 Å². The molecule has 0 spiro atoms. The molecular weight excluding hydrogens is 885 g/mol. The number of aliphatic hydroxyl groups is 7. The minimum Gasteiger partial charge on any atom is -0.457 e. The number of hydrogen-bond acceptors (Lipinski definition) is 14. The zero-order chi connectivity index (χ0) is 50.2. The standard InChI is InChI=1S/C55H100O14/c1-3-5-7-9-11-13-15-17-19-21-22-23-25-27-29-31-33-35-37-39-64-41-44(67-47(57)38-36-34-32-30-28-26-24-20-18-16-14-12-10-8-6-4-2)42-65-54-53(63)51(61)49(59)46(69-54)43-66-55-52(62)50(60)48(58)45(40-56)68-55/h13,15,19-21,24,44-46,48-56,58-63H,3-12,14,16-18,22-23,25-43H2,1-2H3/b15-13-,21-19-,24-20-. The third-order valence-corrected chi connectivity index (χ3v) is 13.1. The molecule has 2 fully saturated rings. The second-order valence-corrected chi connectivity index (χ2v) is 19.4. The second kappa shape index (κ2) is 42.7. The van der Waals surface area contributed by atoms with E-state index in [0.717, 1.165) is 70.6 Å². The molecule has 11 atom stereocenters. The number of aliphatic hydroxyl groups excluding tert-OH is 7. The molecule has 2 aliphatic rings. The molecule has 14 heteroatoms. The first-order valence-corrected chi connectivity index (χ1v) is 27.6. The summed E-state index contributed by atoms with van der Waals surface area (Å²) in [5, 5.41) is 72.2. The van der Waals surface area contributed by atoms with Crippen LogP contribution in [0, 0.1) is 0 Å². The van der Waals surface area contributed by atoms with Crippen LogP contribution in [0.3, 0.4) is 0 Å². The van der Waals surface area contributed by atoms with Crippen LogP contribution in [0.4, 0.5) is 0 Å². The van der Waals surface area contributed by atoms with Gasteiger partial charge in [0.1, 0.15) is 54.9 Å². The molecule has 2 heterocycles. The highest BCUT2D eigenvalue weighted by Gasteiger charge is 2.47. The van der Waals surface area contributed by atoms with E-state index in [0.29, 0.717) is 13.0 Å². The van der Waals surface area contributed by atoms with Gasteiger partial charge in [0.05, 0.1) is 26.4 Å². The summed E-state index contributed by atoms with van der Waals surface area (Å²) < 4.78 is 34.3. The Labute approximate surface area is 417 Å². The van der Waals surface area contributed by atoms with Crippen molar-refractivity contribution >= 4 is 5.97 Å². The number of rotatable bonds is 44. The van der Waals surface area contributed by atoms with Gasteiger partial charge in [0.15, 0.2) is 12.6 Å². The van der Waals surface area contributed by atoms with Crippen LogP contribution in [0.15, 0.2) is 36.5 Å². The minimum atomic E-state index is -1.71. The van der Waals surface area contributed by atoms with Gasteiger partial charge < -0.3 is 64.2 Å². The average molecular weight is 985 g/mol. The van der Waals surface area contributed by atoms with Crippen LogP contribution in [0.25, 0.3) is 0 Å². The van der Waals surface area contributed by atoms with Crippen molar-refractivity contribution in [3.63, 3.8) is 0 Å². The predicted molar refractivity (Wildman–Crippen MR) is 270 cm³/mol. The molecular formula is C55H100O14. The fraction of sp³-hybridized carbons (Fsp3) is 0.873. The van der Waals surface area contributed by atoms with Gasteiger partial charge in [-0.2, -0.15) is 0 Å². The summed E-state index contributed by atoms with van der Waals surface area (Å²) in [6.07, 6.45) is 32.0. The lowest BCUT2D eigenvalue weighted by atomic mass is 9.98. The molecule has 11 unspecified atom stereocenters. The van der Waals surface area contributed by atoms with Crippen LogP contribution in [0.1, 0.15) is 206 Å². The number of allylic oxidation sites excluding steroid dienone is 6. The van der Waals surface area contributed by atoms with E-state index in [1.807, 2.05) is 0 Å². The number of esters is 1. The molecule has 0 saturated carbocycles. The van der Waals surface area contributed by atoms with Gasteiger partial charge >= 0.3 is 5.97 Å². The average Bonchev–Trinajstić information content (AvgIpc) is 3.35. The molecule has 2 saturated heterocycles. The highest BCUT2D eigenvalue weighted by molar-refractivity contribution is 5.69. The molecule has 69 heavy (non-hydrogen) atoms. The van der Waals surface area contributed by atoms with Crippen LogP contribution < -0.4 is 0 Å². The first kappa shape index (κ1) is 63.3. The Kier molecular flexibility index (Phi) is 39.2. The quantitative estimate of drug-likeness (QED) is 0.0173. The molecule has 0 amide bonds. The molecule has 0 aromatic rings. The third-order valence-electron chi connectivity index (χ3n) is 13.1. The second-order valence-electron chi connectivity index (χ2n) is 19.4. The van der Waals surface area contributed by atoms with Gasteiger partial charge in [-0.05, 0) is 70.6 Å². The lowest BCUT2D eigenvalue weighted by molar-refractivity contribution is -0.332. The van der Waals surface area contributed by atoms with E-state index in [9.17, 15) is 40.5 Å². The zero-order valence-electron chi connectivity index (χ0n) is 43.1. The lowest BCUT2D eigenvalue weighted by Crippen LogP contribution is -2.61. The van der Waals surface area contributed by atoms with Crippen LogP contribution >= 0.6 is 0 Å². The van der Waals surface area contributed by atoms with Crippen molar-refractivity contribution in [1.82, 2.24) is 0 Å². The maximum atomic E-state index is 13.0. The topological polar surface area (TPSA) is 214 Å². The highest BCUT2D eigenvalue weighted by atomic mass is 16.7. The molecule has 0 bridgehead atoms. The fourth-order valence-corrected chi connectivity index (χ4v) is 8.60. The van der Waals surface area contributed by atoms with E-state index < -0.39 is 80.7 Å². The van der Waals surface area contributed by atoms with Gasteiger partial charge in [0.25, 0.3) is 0 Å². The van der Waals surface area contributed by atoms with Crippen LogP contribution in [0.2, 0.25) is 0 Å². The van der Waals surface area contributed by atoms with Crippen LogP contribution in [0.5, 0.6) is 0 Å². The van der Waals surface area contributed by atoms with E-state index in [-0.39, 0.29) is 25.6 Å². The Morgan fingerprint density at radius 3 is 1.42 bits per heavy atom. The summed E-state index contributed by atoms with van der Waals surface area (Å²) in [5.74, 6) is -0.386. The Morgan fingerprint density at radius 2 is 0.899 bits per heavy atom. The van der Waals surface area contributed by atoms with Crippen LogP contribution in [-0.4, -0.2) is 142 Å². The van der Waals surface area contributed by atoms with Gasteiger partial charge in [0, 0.05) is 13.0 Å². The molecule has 2 rings (SSSR count). The van der Waals surface area contributed by atoms with Crippen molar-refractivity contribution < 1.29 is 69.0 Å². The van der Waals surface area contributed by atoms with E-state index in [1.165, 1.54) is 109 Å².